The van der Waals surface area contributed by atoms with Crippen LogP contribution in [-0.4, -0.2) is 28.8 Å². The molecule has 4 heteroatoms. The minimum atomic E-state index is 0.0286. The summed E-state index contributed by atoms with van der Waals surface area (Å²) in [6.07, 6.45) is 27.1. The Morgan fingerprint density at radius 3 is 1.38 bits per heavy atom. The van der Waals surface area contributed by atoms with E-state index >= 15 is 0 Å². The average molecular weight is 479 g/mol. The lowest BCUT2D eigenvalue weighted by Crippen LogP contribution is -2.48. The molecule has 0 aromatic heterocycles. The quantitative estimate of drug-likeness (QED) is 0.168. The summed E-state index contributed by atoms with van der Waals surface area (Å²) in [6, 6.07) is 0.156. The Morgan fingerprint density at radius 2 is 1.00 bits per heavy atom. The lowest BCUT2D eigenvalue weighted by Gasteiger charge is -2.35. The van der Waals surface area contributed by atoms with Crippen LogP contribution in [0.4, 0.5) is 0 Å². The number of nitrogens with zero attached hydrogens (tertiary/aromatic N) is 1. The Labute approximate surface area is 212 Å². The predicted octanol–water partition coefficient (Wildman–Crippen LogP) is 8.45. The highest BCUT2D eigenvalue weighted by atomic mass is 16.2. The molecule has 0 aromatic rings. The van der Waals surface area contributed by atoms with Crippen LogP contribution in [0.1, 0.15) is 168 Å². The van der Waals surface area contributed by atoms with Crippen molar-refractivity contribution in [2.75, 3.05) is 0 Å². The van der Waals surface area contributed by atoms with Crippen molar-refractivity contribution in [2.24, 2.45) is 5.73 Å². The van der Waals surface area contributed by atoms with Crippen LogP contribution in [0, 0.1) is 0 Å². The molecule has 1 aliphatic rings. The molecule has 1 rings (SSSR count). The van der Waals surface area contributed by atoms with Gasteiger partial charge in [-0.3, -0.25) is 14.5 Å². The molecule has 0 saturated heterocycles. The zero-order valence-corrected chi connectivity index (χ0v) is 23.0. The van der Waals surface area contributed by atoms with Crippen LogP contribution in [-0.2, 0) is 9.59 Å². The molecule has 0 radical (unpaired) electrons. The van der Waals surface area contributed by atoms with Crippen LogP contribution in [0.25, 0.3) is 0 Å². The van der Waals surface area contributed by atoms with E-state index in [0.717, 1.165) is 51.4 Å². The van der Waals surface area contributed by atoms with Gasteiger partial charge in [0.25, 0.3) is 0 Å². The molecule has 2 N–H and O–H groups in total. The second-order valence-corrected chi connectivity index (χ2v) is 10.9. The Bertz CT molecular complexity index is 474. The Balaban J connectivity index is 2.33. The third kappa shape index (κ3) is 15.2. The summed E-state index contributed by atoms with van der Waals surface area (Å²) in [5.74, 6) is 0.117. The molecule has 1 aliphatic carbocycles. The summed E-state index contributed by atoms with van der Waals surface area (Å²) in [5, 5.41) is 0. The van der Waals surface area contributed by atoms with Crippen LogP contribution < -0.4 is 5.73 Å². The maximum atomic E-state index is 13.1. The fourth-order valence-corrected chi connectivity index (χ4v) is 5.40. The van der Waals surface area contributed by atoms with Crippen molar-refractivity contribution in [2.45, 2.75) is 180 Å². The van der Waals surface area contributed by atoms with Gasteiger partial charge in [0.05, 0.1) is 0 Å². The van der Waals surface area contributed by atoms with Gasteiger partial charge in [0.2, 0.25) is 11.8 Å². The van der Waals surface area contributed by atoms with E-state index in [4.69, 9.17) is 5.73 Å². The van der Waals surface area contributed by atoms with Crippen LogP contribution >= 0.6 is 0 Å². The molecule has 0 bridgehead atoms. The smallest absolute Gasteiger partial charge is 0.229 e. The molecule has 34 heavy (non-hydrogen) atoms. The molecule has 0 aromatic carbocycles. The van der Waals surface area contributed by atoms with E-state index in [1.807, 2.05) is 0 Å². The zero-order chi connectivity index (χ0) is 24.9. The molecule has 2 amide bonds. The molecular formula is C30H58N2O2. The van der Waals surface area contributed by atoms with Crippen molar-refractivity contribution in [3.63, 3.8) is 0 Å². The third-order valence-corrected chi connectivity index (χ3v) is 7.58. The number of hydrogen-bond donors (Lipinski definition) is 1. The molecule has 1 saturated carbocycles. The number of carbonyl (C=O) groups excluding carboxylic acids is 2. The first-order valence-electron chi connectivity index (χ1n) is 15.2. The van der Waals surface area contributed by atoms with Crippen LogP contribution in [0.2, 0.25) is 0 Å². The predicted molar refractivity (Wildman–Crippen MR) is 146 cm³/mol. The summed E-state index contributed by atoms with van der Waals surface area (Å²) >= 11 is 0. The van der Waals surface area contributed by atoms with E-state index in [1.54, 1.807) is 4.90 Å². The first-order valence-corrected chi connectivity index (χ1v) is 15.2. The van der Waals surface area contributed by atoms with E-state index in [9.17, 15) is 9.59 Å². The monoisotopic (exact) mass is 478 g/mol. The summed E-state index contributed by atoms with van der Waals surface area (Å²) in [7, 11) is 0. The van der Waals surface area contributed by atoms with E-state index in [2.05, 4.69) is 13.8 Å². The third-order valence-electron chi connectivity index (χ3n) is 7.58. The summed E-state index contributed by atoms with van der Waals surface area (Å²) in [5.41, 5.74) is 6.21. The molecule has 2 unspecified atom stereocenters. The first-order chi connectivity index (χ1) is 16.6. The van der Waals surface area contributed by atoms with E-state index < -0.39 is 0 Å². The molecule has 0 spiro atoms. The number of amides is 2. The molecule has 4 nitrogen and oxygen atoms in total. The fraction of sp³-hybridized carbons (Fsp3) is 0.933. The van der Waals surface area contributed by atoms with E-state index in [1.165, 1.54) is 89.9 Å². The van der Waals surface area contributed by atoms with Crippen molar-refractivity contribution < 1.29 is 9.59 Å². The summed E-state index contributed by atoms with van der Waals surface area (Å²) in [4.78, 5) is 27.9. The maximum Gasteiger partial charge on any atom is 0.229 e. The van der Waals surface area contributed by atoms with Crippen molar-refractivity contribution >= 4 is 11.8 Å². The SMILES string of the molecule is CCCCCCCCCCCC(=O)N(C(=O)CCCCCCCCCCC)C1CCCC(N)C1. The second-order valence-electron chi connectivity index (χ2n) is 10.9. The van der Waals surface area contributed by atoms with Gasteiger partial charge in [0.15, 0.2) is 0 Å². The highest BCUT2D eigenvalue weighted by Gasteiger charge is 2.32. The highest BCUT2D eigenvalue weighted by molar-refractivity contribution is 5.95. The van der Waals surface area contributed by atoms with Gasteiger partial charge < -0.3 is 5.73 Å². The molecule has 200 valence electrons. The van der Waals surface area contributed by atoms with Gasteiger partial charge in [-0.15, -0.1) is 0 Å². The number of unbranched alkanes of at least 4 members (excludes halogenated alkanes) is 16. The molecule has 1 fully saturated rings. The Morgan fingerprint density at radius 1 is 0.618 bits per heavy atom. The molecule has 0 heterocycles. The number of imide groups is 1. The number of hydrogen-bond acceptors (Lipinski definition) is 3. The van der Waals surface area contributed by atoms with Crippen molar-refractivity contribution in [1.82, 2.24) is 4.90 Å². The summed E-state index contributed by atoms with van der Waals surface area (Å²) in [6.45, 7) is 4.51. The Kier molecular flexibility index (Phi) is 19.6. The van der Waals surface area contributed by atoms with Gasteiger partial charge in [-0.25, -0.2) is 0 Å². The van der Waals surface area contributed by atoms with Gasteiger partial charge >= 0.3 is 0 Å². The van der Waals surface area contributed by atoms with E-state index in [0.29, 0.717) is 12.8 Å². The minimum Gasteiger partial charge on any atom is -0.328 e. The number of nitrogens with two attached hydrogens (primary N) is 1. The van der Waals surface area contributed by atoms with Gasteiger partial charge in [-0.2, -0.15) is 0 Å². The largest absolute Gasteiger partial charge is 0.328 e. The van der Waals surface area contributed by atoms with Gasteiger partial charge in [0.1, 0.15) is 0 Å². The second kappa shape index (κ2) is 21.4. The number of rotatable bonds is 21. The zero-order valence-electron chi connectivity index (χ0n) is 23.0. The topological polar surface area (TPSA) is 63.4 Å². The van der Waals surface area contributed by atoms with Crippen molar-refractivity contribution in [1.29, 1.82) is 0 Å². The van der Waals surface area contributed by atoms with E-state index in [-0.39, 0.29) is 23.9 Å². The van der Waals surface area contributed by atoms with Crippen molar-refractivity contribution in [3.05, 3.63) is 0 Å². The standard InChI is InChI=1S/C30H58N2O2/c1-3-5-7-9-11-13-15-17-19-24-29(33)32(28-23-21-22-27(31)26-28)30(34)25-20-18-16-14-12-10-8-6-4-2/h27-28H,3-26,31H2,1-2H3. The summed E-state index contributed by atoms with van der Waals surface area (Å²) < 4.78 is 0. The normalized spacial score (nSPS) is 18.2. The fourth-order valence-electron chi connectivity index (χ4n) is 5.40. The van der Waals surface area contributed by atoms with Crippen LogP contribution in [0.3, 0.4) is 0 Å². The van der Waals surface area contributed by atoms with Crippen LogP contribution in [0.5, 0.6) is 0 Å². The maximum absolute atomic E-state index is 13.1. The van der Waals surface area contributed by atoms with Crippen molar-refractivity contribution in [3.8, 4) is 0 Å². The molecule has 2 atom stereocenters. The lowest BCUT2D eigenvalue weighted by atomic mass is 9.90. The highest BCUT2D eigenvalue weighted by Crippen LogP contribution is 2.25. The van der Waals surface area contributed by atoms with Gasteiger partial charge in [-0.1, -0.05) is 117 Å². The van der Waals surface area contributed by atoms with Gasteiger partial charge in [-0.05, 0) is 38.5 Å². The number of carbonyl (C=O) groups is 2. The minimum absolute atomic E-state index is 0.0286. The molecular weight excluding hydrogens is 420 g/mol. The first kappa shape index (κ1) is 31.1. The van der Waals surface area contributed by atoms with Gasteiger partial charge in [0, 0.05) is 24.9 Å². The average Bonchev–Trinajstić information content (AvgIpc) is 2.82. The van der Waals surface area contributed by atoms with Crippen LogP contribution in [0.15, 0.2) is 0 Å². The lowest BCUT2D eigenvalue weighted by molar-refractivity contribution is -0.148. The molecule has 0 aliphatic heterocycles. The Hall–Kier alpha value is -0.900.